The SMILES string of the molecule is COCCN(CC(=O)O)C(=O)NC(C)c1nncn1C. The van der Waals surface area contributed by atoms with Gasteiger partial charge in [-0.05, 0) is 6.92 Å². The average Bonchev–Trinajstić information content (AvgIpc) is 2.80. The Morgan fingerprint density at radius 2 is 2.30 bits per heavy atom. The van der Waals surface area contributed by atoms with Crippen molar-refractivity contribution in [2.45, 2.75) is 13.0 Å². The number of carbonyl (C=O) groups is 2. The van der Waals surface area contributed by atoms with E-state index < -0.39 is 12.0 Å². The number of hydrogen-bond donors (Lipinski definition) is 2. The Bertz CT molecular complexity index is 461. The van der Waals surface area contributed by atoms with Gasteiger partial charge >= 0.3 is 12.0 Å². The number of carboxylic acid groups (broad SMARTS) is 1. The number of methoxy groups -OCH3 is 1. The summed E-state index contributed by atoms with van der Waals surface area (Å²) >= 11 is 0. The molecule has 1 heterocycles. The van der Waals surface area contributed by atoms with Gasteiger partial charge in [0.05, 0.1) is 12.6 Å². The Morgan fingerprint density at radius 1 is 1.60 bits per heavy atom. The van der Waals surface area contributed by atoms with E-state index in [1.54, 1.807) is 18.5 Å². The van der Waals surface area contributed by atoms with Crippen molar-refractivity contribution in [1.29, 1.82) is 0 Å². The van der Waals surface area contributed by atoms with E-state index in [2.05, 4.69) is 15.5 Å². The first kappa shape index (κ1) is 15.9. The summed E-state index contributed by atoms with van der Waals surface area (Å²) in [6.07, 6.45) is 1.53. The molecule has 0 aliphatic heterocycles. The second kappa shape index (κ2) is 7.43. The van der Waals surface area contributed by atoms with Gasteiger partial charge < -0.3 is 24.6 Å². The van der Waals surface area contributed by atoms with Crippen LogP contribution in [-0.2, 0) is 16.6 Å². The summed E-state index contributed by atoms with van der Waals surface area (Å²) in [5.74, 6) is -0.497. The fourth-order valence-corrected chi connectivity index (χ4v) is 1.64. The van der Waals surface area contributed by atoms with Crippen LogP contribution in [0.5, 0.6) is 0 Å². The Labute approximate surface area is 116 Å². The van der Waals surface area contributed by atoms with Crippen LogP contribution >= 0.6 is 0 Å². The minimum absolute atomic E-state index is 0.195. The molecule has 1 rings (SSSR count). The van der Waals surface area contributed by atoms with Gasteiger partial charge in [0.2, 0.25) is 0 Å². The monoisotopic (exact) mass is 285 g/mol. The maximum absolute atomic E-state index is 12.0. The van der Waals surface area contributed by atoms with Gasteiger partial charge in [0.15, 0.2) is 5.82 Å². The number of rotatable bonds is 7. The van der Waals surface area contributed by atoms with Crippen LogP contribution in [0, 0.1) is 0 Å². The zero-order valence-corrected chi connectivity index (χ0v) is 11.7. The first-order valence-electron chi connectivity index (χ1n) is 6.05. The summed E-state index contributed by atoms with van der Waals surface area (Å²) in [7, 11) is 3.25. The van der Waals surface area contributed by atoms with Crippen molar-refractivity contribution in [3.8, 4) is 0 Å². The normalized spacial score (nSPS) is 11.9. The standard InChI is InChI=1S/C11H19N5O4/c1-8(10-14-12-7-15(10)2)13-11(19)16(4-5-20-3)6-9(17)18/h7-8H,4-6H2,1-3H3,(H,13,19)(H,17,18). The molecule has 112 valence electrons. The summed E-state index contributed by atoms with van der Waals surface area (Å²) in [6.45, 7) is 1.82. The predicted molar refractivity (Wildman–Crippen MR) is 69.0 cm³/mol. The summed E-state index contributed by atoms with van der Waals surface area (Å²) in [4.78, 5) is 24.0. The molecule has 0 fully saturated rings. The number of urea groups is 1. The van der Waals surface area contributed by atoms with Gasteiger partial charge in [0, 0.05) is 20.7 Å². The van der Waals surface area contributed by atoms with Gasteiger partial charge in [-0.25, -0.2) is 4.79 Å². The minimum Gasteiger partial charge on any atom is -0.480 e. The zero-order valence-electron chi connectivity index (χ0n) is 11.7. The fourth-order valence-electron chi connectivity index (χ4n) is 1.64. The van der Waals surface area contributed by atoms with E-state index in [0.29, 0.717) is 5.82 Å². The number of nitrogens with zero attached hydrogens (tertiary/aromatic N) is 4. The van der Waals surface area contributed by atoms with Crippen molar-refractivity contribution in [1.82, 2.24) is 25.0 Å². The summed E-state index contributed by atoms with van der Waals surface area (Å²) in [5, 5.41) is 19.1. The average molecular weight is 285 g/mol. The van der Waals surface area contributed by atoms with E-state index in [1.165, 1.54) is 18.3 Å². The molecule has 2 N–H and O–H groups in total. The van der Waals surface area contributed by atoms with Crippen LogP contribution in [0.2, 0.25) is 0 Å². The molecule has 0 bridgehead atoms. The molecule has 0 radical (unpaired) electrons. The highest BCUT2D eigenvalue weighted by Crippen LogP contribution is 2.07. The number of aryl methyl sites for hydroxylation is 1. The van der Waals surface area contributed by atoms with Gasteiger partial charge in [-0.2, -0.15) is 0 Å². The smallest absolute Gasteiger partial charge is 0.323 e. The van der Waals surface area contributed by atoms with Gasteiger partial charge in [-0.15, -0.1) is 10.2 Å². The highest BCUT2D eigenvalue weighted by molar-refractivity contribution is 5.80. The third kappa shape index (κ3) is 4.50. The van der Waals surface area contributed by atoms with Crippen LogP contribution in [0.1, 0.15) is 18.8 Å². The van der Waals surface area contributed by atoms with E-state index in [4.69, 9.17) is 9.84 Å². The minimum atomic E-state index is -1.08. The topological polar surface area (TPSA) is 110 Å². The third-order valence-corrected chi connectivity index (χ3v) is 2.65. The number of carboxylic acids is 1. The van der Waals surface area contributed by atoms with Crippen molar-refractivity contribution in [2.24, 2.45) is 7.05 Å². The molecular weight excluding hydrogens is 266 g/mol. The van der Waals surface area contributed by atoms with E-state index in [-0.39, 0.29) is 25.7 Å². The molecule has 9 heteroatoms. The molecule has 0 aliphatic carbocycles. The van der Waals surface area contributed by atoms with Gasteiger partial charge in [-0.1, -0.05) is 0 Å². The van der Waals surface area contributed by atoms with E-state index >= 15 is 0 Å². The molecule has 1 aromatic heterocycles. The molecule has 9 nitrogen and oxygen atoms in total. The molecule has 1 unspecified atom stereocenters. The Morgan fingerprint density at radius 3 is 2.80 bits per heavy atom. The van der Waals surface area contributed by atoms with Crippen molar-refractivity contribution in [3.05, 3.63) is 12.2 Å². The van der Waals surface area contributed by atoms with Crippen LogP contribution in [0.15, 0.2) is 6.33 Å². The lowest BCUT2D eigenvalue weighted by atomic mass is 10.3. The highest BCUT2D eigenvalue weighted by atomic mass is 16.5. The summed E-state index contributed by atoms with van der Waals surface area (Å²) in [5.41, 5.74) is 0. The predicted octanol–water partition coefficient (Wildman–Crippen LogP) is -0.381. The number of ether oxygens (including phenoxy) is 1. The van der Waals surface area contributed by atoms with Crippen LogP contribution in [0.4, 0.5) is 4.79 Å². The molecule has 1 aromatic rings. The second-order valence-corrected chi connectivity index (χ2v) is 4.28. The fraction of sp³-hybridized carbons (Fsp3) is 0.636. The first-order valence-corrected chi connectivity index (χ1v) is 6.05. The Balaban J connectivity index is 2.65. The van der Waals surface area contributed by atoms with Crippen LogP contribution < -0.4 is 5.32 Å². The highest BCUT2D eigenvalue weighted by Gasteiger charge is 2.20. The third-order valence-electron chi connectivity index (χ3n) is 2.65. The quantitative estimate of drug-likeness (QED) is 0.706. The number of aromatic nitrogens is 3. The molecule has 2 amide bonds. The van der Waals surface area contributed by atoms with Crippen molar-refractivity contribution >= 4 is 12.0 Å². The van der Waals surface area contributed by atoms with Gasteiger partial charge in [0.1, 0.15) is 12.9 Å². The first-order chi connectivity index (χ1) is 9.45. The Hall–Kier alpha value is -2.16. The van der Waals surface area contributed by atoms with Gasteiger partial charge in [0.25, 0.3) is 0 Å². The van der Waals surface area contributed by atoms with Crippen molar-refractivity contribution < 1.29 is 19.4 Å². The summed E-state index contributed by atoms with van der Waals surface area (Å²) < 4.78 is 6.54. The lowest BCUT2D eigenvalue weighted by Crippen LogP contribution is -2.45. The van der Waals surface area contributed by atoms with Crippen molar-refractivity contribution in [3.63, 3.8) is 0 Å². The number of hydrogen-bond acceptors (Lipinski definition) is 5. The molecule has 0 saturated heterocycles. The molecule has 0 spiro atoms. The number of amides is 2. The number of aliphatic carboxylic acids is 1. The second-order valence-electron chi connectivity index (χ2n) is 4.28. The van der Waals surface area contributed by atoms with Gasteiger partial charge in [-0.3, -0.25) is 4.79 Å². The lowest BCUT2D eigenvalue weighted by molar-refractivity contribution is -0.137. The van der Waals surface area contributed by atoms with Crippen LogP contribution in [-0.4, -0.2) is 63.6 Å². The molecule has 1 atom stereocenters. The molecule has 0 aliphatic rings. The van der Waals surface area contributed by atoms with Crippen LogP contribution in [0.3, 0.4) is 0 Å². The Kier molecular flexibility index (Phi) is 5.91. The number of carbonyl (C=O) groups excluding carboxylic acids is 1. The van der Waals surface area contributed by atoms with E-state index in [9.17, 15) is 9.59 Å². The van der Waals surface area contributed by atoms with E-state index in [1.807, 2.05) is 0 Å². The summed E-state index contributed by atoms with van der Waals surface area (Å²) in [6, 6.07) is -0.867. The van der Waals surface area contributed by atoms with Crippen LogP contribution in [0.25, 0.3) is 0 Å². The lowest BCUT2D eigenvalue weighted by Gasteiger charge is -2.23. The maximum Gasteiger partial charge on any atom is 0.323 e. The molecule has 20 heavy (non-hydrogen) atoms. The molecule has 0 saturated carbocycles. The van der Waals surface area contributed by atoms with E-state index in [0.717, 1.165) is 0 Å². The van der Waals surface area contributed by atoms with Crippen molar-refractivity contribution in [2.75, 3.05) is 26.8 Å². The maximum atomic E-state index is 12.0. The zero-order chi connectivity index (χ0) is 15.1. The molecule has 0 aromatic carbocycles. The number of nitrogens with one attached hydrogen (secondary N) is 1. The molecular formula is C11H19N5O4. The largest absolute Gasteiger partial charge is 0.480 e.